The minimum absolute atomic E-state index is 0.152. The monoisotopic (exact) mass is 585 g/mol. The van der Waals surface area contributed by atoms with Gasteiger partial charge >= 0.3 is 11.9 Å². The molecule has 1 aliphatic rings. The summed E-state index contributed by atoms with van der Waals surface area (Å²) in [5, 5.41) is 17.6. The van der Waals surface area contributed by atoms with Gasteiger partial charge in [-0.15, -0.1) is 0 Å². The number of carboxylic acids is 2. The molecule has 1 amide bonds. The lowest BCUT2D eigenvalue weighted by atomic mass is 10.2. The predicted molar refractivity (Wildman–Crippen MR) is 135 cm³/mol. The fourth-order valence-electron chi connectivity index (χ4n) is 3.47. The quantitative estimate of drug-likeness (QED) is 0.396. The number of hydrogen-bond acceptors (Lipinski definition) is 7. The Morgan fingerprint density at radius 1 is 1.08 bits per heavy atom. The number of carboxylic acid groups (broad SMARTS) is 2. The highest BCUT2D eigenvalue weighted by molar-refractivity contribution is 9.10. The van der Waals surface area contributed by atoms with Crippen LogP contribution in [0.4, 0.5) is 5.69 Å². The average molecular weight is 586 g/mol. The third-order valence-electron chi connectivity index (χ3n) is 5.10. The van der Waals surface area contributed by atoms with Gasteiger partial charge in [-0.25, -0.2) is 18.0 Å². The van der Waals surface area contributed by atoms with Crippen molar-refractivity contribution in [2.75, 3.05) is 39.1 Å². The molecule has 1 saturated heterocycles. The number of hydrogen-bond donors (Lipinski definition) is 3. The number of halogens is 1. The number of sulfonamides is 1. The standard InChI is InChI=1S/C21H26BrN3O4S.C2H2O4/c1-24(14-16-12-17(22)8-9-20(16)29-2)15-21(26)23-18-6-5-7-19(13-18)30(27,28)25-10-3-4-11-25;3-1(4)2(5)6/h5-9,12-13H,3-4,10-11,14-15H2,1-2H3,(H,23,26);(H,3,4)(H,5,6). The summed E-state index contributed by atoms with van der Waals surface area (Å²) in [6.45, 7) is 1.77. The van der Waals surface area contributed by atoms with Crippen molar-refractivity contribution >= 4 is 49.5 Å². The summed E-state index contributed by atoms with van der Waals surface area (Å²) in [6, 6.07) is 12.2. The fourth-order valence-corrected chi connectivity index (χ4v) is 5.45. The van der Waals surface area contributed by atoms with Crippen LogP contribution in [0.15, 0.2) is 51.8 Å². The summed E-state index contributed by atoms with van der Waals surface area (Å²) < 4.78 is 33.3. The molecule has 1 heterocycles. The molecule has 11 nitrogen and oxygen atoms in total. The van der Waals surface area contributed by atoms with Crippen molar-refractivity contribution in [2.45, 2.75) is 24.3 Å². The molecule has 0 aliphatic carbocycles. The van der Waals surface area contributed by atoms with Crippen LogP contribution in [0, 0.1) is 0 Å². The van der Waals surface area contributed by atoms with Crippen molar-refractivity contribution < 1.29 is 37.8 Å². The smallest absolute Gasteiger partial charge is 0.414 e. The zero-order valence-corrected chi connectivity index (χ0v) is 22.2. The Kier molecular flexibility index (Phi) is 10.8. The molecule has 0 aromatic heterocycles. The van der Waals surface area contributed by atoms with Crippen LogP contribution in [0.5, 0.6) is 5.75 Å². The van der Waals surface area contributed by atoms with Crippen molar-refractivity contribution in [3.8, 4) is 5.75 Å². The van der Waals surface area contributed by atoms with E-state index < -0.39 is 22.0 Å². The maximum atomic E-state index is 12.7. The molecule has 0 radical (unpaired) electrons. The van der Waals surface area contributed by atoms with Crippen LogP contribution in [0.2, 0.25) is 0 Å². The molecule has 0 bridgehead atoms. The van der Waals surface area contributed by atoms with Gasteiger partial charge in [0, 0.05) is 35.4 Å². The topological polar surface area (TPSA) is 154 Å². The molecule has 1 aliphatic heterocycles. The number of ether oxygens (including phenoxy) is 1. The summed E-state index contributed by atoms with van der Waals surface area (Å²) in [4.78, 5) is 32.8. The van der Waals surface area contributed by atoms with Gasteiger partial charge in [0.25, 0.3) is 0 Å². The van der Waals surface area contributed by atoms with Crippen molar-refractivity contribution in [1.29, 1.82) is 0 Å². The van der Waals surface area contributed by atoms with Crippen LogP contribution in [0.3, 0.4) is 0 Å². The predicted octanol–water partition coefficient (Wildman–Crippen LogP) is 2.47. The molecule has 2 aromatic carbocycles. The van der Waals surface area contributed by atoms with Gasteiger partial charge in [-0.05, 0) is 56.3 Å². The zero-order chi connectivity index (χ0) is 26.9. The van der Waals surface area contributed by atoms with Crippen LogP contribution in [-0.4, -0.2) is 79.5 Å². The van der Waals surface area contributed by atoms with Gasteiger partial charge in [-0.1, -0.05) is 22.0 Å². The minimum atomic E-state index is -3.52. The number of nitrogens with zero attached hydrogens (tertiary/aromatic N) is 2. The Balaban J connectivity index is 0.000000678. The molecule has 0 spiro atoms. The van der Waals surface area contributed by atoms with Crippen LogP contribution in [0.25, 0.3) is 0 Å². The fraction of sp³-hybridized carbons (Fsp3) is 0.348. The van der Waals surface area contributed by atoms with Gasteiger partial charge in [-0.3, -0.25) is 9.69 Å². The maximum absolute atomic E-state index is 12.7. The highest BCUT2D eigenvalue weighted by Crippen LogP contribution is 2.25. The van der Waals surface area contributed by atoms with Gasteiger partial charge in [-0.2, -0.15) is 4.31 Å². The van der Waals surface area contributed by atoms with Crippen molar-refractivity contribution in [1.82, 2.24) is 9.21 Å². The Hall–Kier alpha value is -3.00. The Bertz CT molecular complexity index is 1190. The van der Waals surface area contributed by atoms with Gasteiger partial charge in [0.2, 0.25) is 15.9 Å². The highest BCUT2D eigenvalue weighted by Gasteiger charge is 2.27. The Morgan fingerprint density at radius 2 is 1.72 bits per heavy atom. The molecule has 13 heteroatoms. The molecule has 2 aromatic rings. The molecule has 0 atom stereocenters. The molecule has 196 valence electrons. The molecule has 1 fully saturated rings. The number of rotatable bonds is 8. The Labute approximate surface area is 217 Å². The summed E-state index contributed by atoms with van der Waals surface area (Å²) in [7, 11) is -0.0641. The minimum Gasteiger partial charge on any atom is -0.496 e. The lowest BCUT2D eigenvalue weighted by molar-refractivity contribution is -0.159. The number of carbonyl (C=O) groups is 3. The number of nitrogens with one attached hydrogen (secondary N) is 1. The number of aliphatic carboxylic acids is 2. The van der Waals surface area contributed by atoms with Crippen LogP contribution >= 0.6 is 15.9 Å². The zero-order valence-electron chi connectivity index (χ0n) is 19.8. The summed E-state index contributed by atoms with van der Waals surface area (Å²) in [6.07, 6.45) is 1.76. The van der Waals surface area contributed by atoms with E-state index in [1.807, 2.05) is 30.1 Å². The van der Waals surface area contributed by atoms with E-state index in [4.69, 9.17) is 24.5 Å². The first-order valence-corrected chi connectivity index (χ1v) is 13.0. The average Bonchev–Trinajstić information content (AvgIpc) is 3.35. The number of carbonyl (C=O) groups excluding carboxylic acids is 1. The molecule has 36 heavy (non-hydrogen) atoms. The second-order valence-corrected chi connectivity index (χ2v) is 10.8. The number of amides is 1. The van der Waals surface area contributed by atoms with Crippen LogP contribution in [0.1, 0.15) is 18.4 Å². The Morgan fingerprint density at radius 3 is 2.31 bits per heavy atom. The second kappa shape index (κ2) is 13.3. The molecular weight excluding hydrogens is 558 g/mol. The number of benzene rings is 2. The van der Waals surface area contributed by atoms with E-state index in [2.05, 4.69) is 21.2 Å². The summed E-state index contributed by atoms with van der Waals surface area (Å²) >= 11 is 3.45. The third kappa shape index (κ3) is 8.59. The van der Waals surface area contributed by atoms with E-state index in [1.165, 1.54) is 10.4 Å². The van der Waals surface area contributed by atoms with Gasteiger partial charge < -0.3 is 20.3 Å². The maximum Gasteiger partial charge on any atom is 0.414 e. The van der Waals surface area contributed by atoms with Crippen LogP contribution < -0.4 is 10.1 Å². The largest absolute Gasteiger partial charge is 0.496 e. The first kappa shape index (κ1) is 29.2. The highest BCUT2D eigenvalue weighted by atomic mass is 79.9. The molecule has 3 rings (SSSR count). The van der Waals surface area contributed by atoms with Crippen molar-refractivity contribution in [3.63, 3.8) is 0 Å². The number of likely N-dealkylation sites (N-methyl/N-ethyl adjacent to an activating group) is 1. The van der Waals surface area contributed by atoms with E-state index in [9.17, 15) is 13.2 Å². The molecular formula is C23H28BrN3O8S. The van der Waals surface area contributed by atoms with E-state index >= 15 is 0 Å². The lowest BCUT2D eigenvalue weighted by Crippen LogP contribution is -2.30. The number of methoxy groups -OCH3 is 1. The molecule has 3 N–H and O–H groups in total. The first-order chi connectivity index (χ1) is 16.9. The second-order valence-electron chi connectivity index (χ2n) is 7.93. The SMILES string of the molecule is COc1ccc(Br)cc1CN(C)CC(=O)Nc1cccc(S(=O)(=O)N2CCCC2)c1.O=C(O)C(=O)O. The van der Waals surface area contributed by atoms with Gasteiger partial charge in [0.15, 0.2) is 0 Å². The first-order valence-electron chi connectivity index (χ1n) is 10.8. The van der Waals surface area contributed by atoms with E-state index in [1.54, 1.807) is 25.3 Å². The summed E-state index contributed by atoms with van der Waals surface area (Å²) in [5.74, 6) is -3.11. The molecule has 0 unspecified atom stereocenters. The van der Waals surface area contributed by atoms with Gasteiger partial charge in [0.1, 0.15) is 5.75 Å². The lowest BCUT2D eigenvalue weighted by Gasteiger charge is -2.19. The summed E-state index contributed by atoms with van der Waals surface area (Å²) in [5.41, 5.74) is 1.43. The third-order valence-corrected chi connectivity index (χ3v) is 7.49. The van der Waals surface area contributed by atoms with Gasteiger partial charge in [0.05, 0.1) is 18.6 Å². The van der Waals surface area contributed by atoms with E-state index in [-0.39, 0.29) is 17.3 Å². The van der Waals surface area contributed by atoms with E-state index in [0.29, 0.717) is 25.3 Å². The normalized spacial score (nSPS) is 13.6. The molecule has 0 saturated carbocycles. The van der Waals surface area contributed by atoms with Crippen molar-refractivity contribution in [2.24, 2.45) is 0 Å². The van der Waals surface area contributed by atoms with Crippen molar-refractivity contribution in [3.05, 3.63) is 52.5 Å². The van der Waals surface area contributed by atoms with E-state index in [0.717, 1.165) is 28.6 Å². The number of anilines is 1. The van der Waals surface area contributed by atoms with Crippen LogP contribution in [-0.2, 0) is 31.0 Å².